The van der Waals surface area contributed by atoms with Crippen LogP contribution in [0.25, 0.3) is 0 Å². The molecular weight excluding hydrogens is 188 g/mol. The lowest BCUT2D eigenvalue weighted by Gasteiger charge is -2.39. The van der Waals surface area contributed by atoms with Gasteiger partial charge in [-0.15, -0.1) is 0 Å². The molecule has 2 aliphatic heterocycles. The molecule has 0 aromatic heterocycles. The summed E-state index contributed by atoms with van der Waals surface area (Å²) in [5.41, 5.74) is -0.444. The first kappa shape index (κ1) is 11.4. The molecule has 2 unspecified atom stereocenters. The summed E-state index contributed by atoms with van der Waals surface area (Å²) in [4.78, 5) is 2.45. The molecule has 0 saturated carbocycles. The molecule has 88 valence electrons. The van der Waals surface area contributed by atoms with Gasteiger partial charge in [0, 0.05) is 13.1 Å². The summed E-state index contributed by atoms with van der Waals surface area (Å²) >= 11 is 0. The molecule has 2 aliphatic rings. The van der Waals surface area contributed by atoms with Gasteiger partial charge in [-0.05, 0) is 58.2 Å². The third-order valence-electron chi connectivity index (χ3n) is 3.67. The normalized spacial score (nSPS) is 39.2. The van der Waals surface area contributed by atoms with Gasteiger partial charge in [0.2, 0.25) is 0 Å². The van der Waals surface area contributed by atoms with Crippen molar-refractivity contribution >= 4 is 0 Å². The molecule has 0 aromatic carbocycles. The van der Waals surface area contributed by atoms with Crippen molar-refractivity contribution in [3.63, 3.8) is 0 Å². The van der Waals surface area contributed by atoms with Crippen LogP contribution in [-0.4, -0.2) is 48.3 Å². The SMILES string of the molecule is CC1(O)CCCN(CC2CCCNC2)C1. The van der Waals surface area contributed by atoms with E-state index in [-0.39, 0.29) is 0 Å². The van der Waals surface area contributed by atoms with Gasteiger partial charge in [-0.2, -0.15) is 0 Å². The molecular formula is C12H24N2O. The second-order valence-electron chi connectivity index (χ2n) is 5.55. The Kier molecular flexibility index (Phi) is 3.65. The number of rotatable bonds is 2. The number of piperidine rings is 2. The second-order valence-corrected chi connectivity index (χ2v) is 5.55. The molecule has 0 amide bonds. The second kappa shape index (κ2) is 4.81. The van der Waals surface area contributed by atoms with E-state index in [4.69, 9.17) is 0 Å². The standard InChI is InChI=1S/C12H24N2O/c1-12(15)5-3-7-14(10-12)9-11-4-2-6-13-8-11/h11,13,15H,2-10H2,1H3. The number of aliphatic hydroxyl groups is 1. The van der Waals surface area contributed by atoms with Crippen LogP contribution in [0.15, 0.2) is 0 Å². The fraction of sp³-hybridized carbons (Fsp3) is 1.00. The summed E-state index contributed by atoms with van der Waals surface area (Å²) in [7, 11) is 0. The van der Waals surface area contributed by atoms with Crippen molar-refractivity contribution in [2.45, 2.75) is 38.2 Å². The Balaban J connectivity index is 1.78. The molecule has 2 atom stereocenters. The van der Waals surface area contributed by atoms with Crippen molar-refractivity contribution in [2.75, 3.05) is 32.7 Å². The molecule has 0 spiro atoms. The van der Waals surface area contributed by atoms with Crippen molar-refractivity contribution in [3.05, 3.63) is 0 Å². The quantitative estimate of drug-likeness (QED) is 0.712. The first-order valence-electron chi connectivity index (χ1n) is 6.31. The van der Waals surface area contributed by atoms with Crippen molar-refractivity contribution in [3.8, 4) is 0 Å². The summed E-state index contributed by atoms with van der Waals surface area (Å²) in [6, 6.07) is 0. The fourth-order valence-corrected chi connectivity index (χ4v) is 2.92. The zero-order chi connectivity index (χ0) is 10.7. The zero-order valence-electron chi connectivity index (χ0n) is 9.84. The van der Waals surface area contributed by atoms with E-state index in [2.05, 4.69) is 10.2 Å². The van der Waals surface area contributed by atoms with Gasteiger partial charge in [0.25, 0.3) is 0 Å². The summed E-state index contributed by atoms with van der Waals surface area (Å²) in [5.74, 6) is 0.799. The summed E-state index contributed by atoms with van der Waals surface area (Å²) < 4.78 is 0. The molecule has 15 heavy (non-hydrogen) atoms. The van der Waals surface area contributed by atoms with Crippen molar-refractivity contribution in [1.82, 2.24) is 10.2 Å². The molecule has 0 aromatic rings. The molecule has 3 heteroatoms. The van der Waals surface area contributed by atoms with Crippen LogP contribution in [0.4, 0.5) is 0 Å². The Labute approximate surface area is 92.8 Å². The lowest BCUT2D eigenvalue weighted by Crippen LogP contribution is -2.49. The maximum absolute atomic E-state index is 10.0. The van der Waals surface area contributed by atoms with Crippen molar-refractivity contribution < 1.29 is 5.11 Å². The van der Waals surface area contributed by atoms with Crippen molar-refractivity contribution in [2.24, 2.45) is 5.92 Å². The van der Waals surface area contributed by atoms with Gasteiger partial charge < -0.3 is 15.3 Å². The van der Waals surface area contributed by atoms with E-state index < -0.39 is 5.60 Å². The number of hydrogen-bond donors (Lipinski definition) is 2. The molecule has 2 heterocycles. The van der Waals surface area contributed by atoms with Crippen LogP contribution in [-0.2, 0) is 0 Å². The molecule has 2 fully saturated rings. The van der Waals surface area contributed by atoms with Gasteiger partial charge in [0.05, 0.1) is 5.60 Å². The lowest BCUT2D eigenvalue weighted by atomic mass is 9.92. The largest absolute Gasteiger partial charge is 0.389 e. The monoisotopic (exact) mass is 212 g/mol. The highest BCUT2D eigenvalue weighted by atomic mass is 16.3. The van der Waals surface area contributed by atoms with E-state index in [9.17, 15) is 5.11 Å². The van der Waals surface area contributed by atoms with Crippen LogP contribution >= 0.6 is 0 Å². The molecule has 0 bridgehead atoms. The van der Waals surface area contributed by atoms with E-state index in [1.54, 1.807) is 0 Å². The van der Waals surface area contributed by atoms with Gasteiger partial charge in [0.1, 0.15) is 0 Å². The Hall–Kier alpha value is -0.120. The average Bonchev–Trinajstić information content (AvgIpc) is 2.17. The third-order valence-corrected chi connectivity index (χ3v) is 3.67. The highest BCUT2D eigenvalue weighted by molar-refractivity contribution is 4.84. The molecule has 0 aliphatic carbocycles. The summed E-state index contributed by atoms with van der Waals surface area (Å²) in [6.45, 7) is 7.53. The van der Waals surface area contributed by atoms with E-state index in [1.165, 1.54) is 39.0 Å². The Bertz CT molecular complexity index is 200. The Morgan fingerprint density at radius 2 is 2.33 bits per heavy atom. The lowest BCUT2D eigenvalue weighted by molar-refractivity contribution is -0.0207. The average molecular weight is 212 g/mol. The number of β-amino-alcohol motifs (C(OH)–C–C–N with tert-alkyl or cyclic N) is 1. The minimum atomic E-state index is -0.444. The molecule has 0 radical (unpaired) electrons. The highest BCUT2D eigenvalue weighted by Gasteiger charge is 2.29. The van der Waals surface area contributed by atoms with E-state index in [0.29, 0.717) is 0 Å². The minimum Gasteiger partial charge on any atom is -0.389 e. The van der Waals surface area contributed by atoms with Crippen LogP contribution in [0.1, 0.15) is 32.6 Å². The van der Waals surface area contributed by atoms with Crippen LogP contribution < -0.4 is 5.32 Å². The van der Waals surface area contributed by atoms with Gasteiger partial charge in [-0.1, -0.05) is 0 Å². The number of hydrogen-bond acceptors (Lipinski definition) is 3. The number of nitrogens with one attached hydrogen (secondary N) is 1. The minimum absolute atomic E-state index is 0.444. The van der Waals surface area contributed by atoms with E-state index in [0.717, 1.165) is 25.3 Å². The van der Waals surface area contributed by atoms with E-state index >= 15 is 0 Å². The first-order chi connectivity index (χ1) is 7.16. The third kappa shape index (κ3) is 3.44. The first-order valence-corrected chi connectivity index (χ1v) is 6.31. The molecule has 3 nitrogen and oxygen atoms in total. The van der Waals surface area contributed by atoms with Crippen LogP contribution in [0.5, 0.6) is 0 Å². The van der Waals surface area contributed by atoms with Crippen molar-refractivity contribution in [1.29, 1.82) is 0 Å². The van der Waals surface area contributed by atoms with Gasteiger partial charge in [-0.3, -0.25) is 0 Å². The maximum atomic E-state index is 10.0. The molecule has 2 N–H and O–H groups in total. The van der Waals surface area contributed by atoms with E-state index in [1.807, 2.05) is 6.92 Å². The fourth-order valence-electron chi connectivity index (χ4n) is 2.92. The summed E-state index contributed by atoms with van der Waals surface area (Å²) in [6.07, 6.45) is 4.78. The van der Waals surface area contributed by atoms with Gasteiger partial charge in [-0.25, -0.2) is 0 Å². The Morgan fingerprint density at radius 3 is 3.00 bits per heavy atom. The molecule has 2 rings (SSSR count). The van der Waals surface area contributed by atoms with Gasteiger partial charge in [0.15, 0.2) is 0 Å². The summed E-state index contributed by atoms with van der Waals surface area (Å²) in [5, 5.41) is 13.5. The smallest absolute Gasteiger partial charge is 0.0746 e. The zero-order valence-corrected chi connectivity index (χ0v) is 9.84. The van der Waals surface area contributed by atoms with Crippen LogP contribution in [0, 0.1) is 5.92 Å². The predicted molar refractivity (Wildman–Crippen MR) is 61.9 cm³/mol. The van der Waals surface area contributed by atoms with Gasteiger partial charge >= 0.3 is 0 Å². The highest BCUT2D eigenvalue weighted by Crippen LogP contribution is 2.22. The topological polar surface area (TPSA) is 35.5 Å². The number of nitrogens with zero attached hydrogens (tertiary/aromatic N) is 1. The number of likely N-dealkylation sites (tertiary alicyclic amines) is 1. The maximum Gasteiger partial charge on any atom is 0.0746 e. The predicted octanol–water partition coefficient (Wildman–Crippen LogP) is 0.833. The molecule has 2 saturated heterocycles. The Morgan fingerprint density at radius 1 is 1.47 bits per heavy atom. The van der Waals surface area contributed by atoms with Crippen LogP contribution in [0.3, 0.4) is 0 Å². The van der Waals surface area contributed by atoms with Crippen LogP contribution in [0.2, 0.25) is 0 Å².